The van der Waals surface area contributed by atoms with Crippen LogP contribution in [0.2, 0.25) is 0 Å². The van der Waals surface area contributed by atoms with Crippen LogP contribution in [0.1, 0.15) is 55.6 Å². The van der Waals surface area contributed by atoms with Gasteiger partial charge in [0.2, 0.25) is 0 Å². The molecule has 1 aromatic rings. The molecule has 1 aliphatic rings. The SMILES string of the molecule is CN=C(NCc1sc(C)nc1C)NCC1CCCCN1C(=O)OC(C)(C)C. The first-order chi connectivity index (χ1) is 12.7. The van der Waals surface area contributed by atoms with Gasteiger partial charge in [0.05, 0.1) is 23.3 Å². The Kier molecular flexibility index (Phi) is 7.47. The monoisotopic (exact) mass is 395 g/mol. The van der Waals surface area contributed by atoms with E-state index in [1.54, 1.807) is 18.4 Å². The number of nitrogens with zero attached hydrogens (tertiary/aromatic N) is 3. The molecule has 0 aliphatic carbocycles. The largest absolute Gasteiger partial charge is 0.444 e. The zero-order chi connectivity index (χ0) is 20.0. The lowest BCUT2D eigenvalue weighted by Gasteiger charge is -2.37. The summed E-state index contributed by atoms with van der Waals surface area (Å²) < 4.78 is 5.57. The number of carbonyl (C=O) groups is 1. The Balaban J connectivity index is 1.89. The molecule has 0 spiro atoms. The third kappa shape index (κ3) is 6.68. The highest BCUT2D eigenvalue weighted by atomic mass is 32.1. The van der Waals surface area contributed by atoms with E-state index in [0.29, 0.717) is 13.1 Å². The van der Waals surface area contributed by atoms with Crippen molar-refractivity contribution in [3.63, 3.8) is 0 Å². The van der Waals surface area contributed by atoms with Gasteiger partial charge in [-0.3, -0.25) is 4.99 Å². The number of rotatable bonds is 4. The minimum atomic E-state index is -0.477. The molecule has 0 radical (unpaired) electrons. The average molecular weight is 396 g/mol. The lowest BCUT2D eigenvalue weighted by atomic mass is 10.0. The highest BCUT2D eigenvalue weighted by molar-refractivity contribution is 7.11. The first-order valence-corrected chi connectivity index (χ1v) is 10.4. The maximum Gasteiger partial charge on any atom is 0.410 e. The van der Waals surface area contributed by atoms with Gasteiger partial charge in [0.15, 0.2) is 5.96 Å². The predicted molar refractivity (Wildman–Crippen MR) is 110 cm³/mol. The normalized spacial score (nSPS) is 18.4. The third-order valence-electron chi connectivity index (χ3n) is 4.40. The van der Waals surface area contributed by atoms with Gasteiger partial charge >= 0.3 is 6.09 Å². The highest BCUT2D eigenvalue weighted by Crippen LogP contribution is 2.20. The van der Waals surface area contributed by atoms with Crippen LogP contribution in [0.3, 0.4) is 0 Å². The molecule has 152 valence electrons. The molecule has 1 unspecified atom stereocenters. The van der Waals surface area contributed by atoms with E-state index in [-0.39, 0.29) is 12.1 Å². The third-order valence-corrected chi connectivity index (χ3v) is 5.47. The second kappa shape index (κ2) is 9.39. The molecule has 0 saturated carbocycles. The van der Waals surface area contributed by atoms with Gasteiger partial charge in [0.25, 0.3) is 0 Å². The van der Waals surface area contributed by atoms with Crippen LogP contribution in [0.15, 0.2) is 4.99 Å². The molecule has 1 aliphatic heterocycles. The Morgan fingerprint density at radius 1 is 1.33 bits per heavy atom. The molecular weight excluding hydrogens is 362 g/mol. The molecular formula is C19H33N5O2S. The van der Waals surface area contributed by atoms with Crippen molar-refractivity contribution in [1.29, 1.82) is 0 Å². The summed E-state index contributed by atoms with van der Waals surface area (Å²) in [5.41, 5.74) is 0.582. The number of piperidine rings is 1. The van der Waals surface area contributed by atoms with E-state index in [1.165, 1.54) is 4.88 Å². The fraction of sp³-hybridized carbons (Fsp3) is 0.737. The maximum atomic E-state index is 12.5. The van der Waals surface area contributed by atoms with Crippen molar-refractivity contribution in [2.75, 3.05) is 20.1 Å². The van der Waals surface area contributed by atoms with Gasteiger partial charge in [-0.1, -0.05) is 0 Å². The summed E-state index contributed by atoms with van der Waals surface area (Å²) in [6.07, 6.45) is 2.88. The number of ether oxygens (including phenoxy) is 1. The number of hydrogen-bond donors (Lipinski definition) is 2. The highest BCUT2D eigenvalue weighted by Gasteiger charge is 2.30. The van der Waals surface area contributed by atoms with Crippen LogP contribution in [0.5, 0.6) is 0 Å². The van der Waals surface area contributed by atoms with Gasteiger partial charge in [-0.05, 0) is 53.9 Å². The lowest BCUT2D eigenvalue weighted by molar-refractivity contribution is 0.0104. The summed E-state index contributed by atoms with van der Waals surface area (Å²) in [5, 5.41) is 7.77. The number of nitrogens with one attached hydrogen (secondary N) is 2. The van der Waals surface area contributed by atoms with E-state index in [0.717, 1.165) is 42.5 Å². The molecule has 1 fully saturated rings. The van der Waals surface area contributed by atoms with Gasteiger partial charge in [0.1, 0.15) is 5.60 Å². The Bertz CT molecular complexity index is 666. The quantitative estimate of drug-likeness (QED) is 0.604. The van der Waals surface area contributed by atoms with Crippen molar-refractivity contribution >= 4 is 23.4 Å². The minimum Gasteiger partial charge on any atom is -0.444 e. The standard InChI is InChI=1S/C19H33N5O2S/c1-13-16(27-14(2)23-13)12-22-17(20-6)21-11-15-9-7-8-10-24(15)18(25)26-19(3,4)5/h15H,7-12H2,1-6H3,(H2,20,21,22). The van der Waals surface area contributed by atoms with Crippen molar-refractivity contribution in [3.05, 3.63) is 15.6 Å². The van der Waals surface area contributed by atoms with Crippen LogP contribution >= 0.6 is 11.3 Å². The molecule has 7 nitrogen and oxygen atoms in total. The number of thiazole rings is 1. The summed E-state index contributed by atoms with van der Waals surface area (Å²) in [7, 11) is 1.76. The fourth-order valence-corrected chi connectivity index (χ4v) is 3.99. The first-order valence-electron chi connectivity index (χ1n) is 9.56. The zero-order valence-corrected chi connectivity index (χ0v) is 18.2. The van der Waals surface area contributed by atoms with Crippen molar-refractivity contribution < 1.29 is 9.53 Å². The van der Waals surface area contributed by atoms with Crippen LogP contribution in [-0.4, -0.2) is 53.7 Å². The average Bonchev–Trinajstić information content (AvgIpc) is 2.91. The summed E-state index contributed by atoms with van der Waals surface area (Å²) in [5.74, 6) is 0.732. The molecule has 1 aromatic heterocycles. The van der Waals surface area contributed by atoms with Crippen LogP contribution in [0.4, 0.5) is 4.79 Å². The summed E-state index contributed by atoms with van der Waals surface area (Å²) in [4.78, 5) is 24.3. The number of aryl methyl sites for hydroxylation is 2. The van der Waals surface area contributed by atoms with Gasteiger partial charge in [-0.2, -0.15) is 0 Å². The predicted octanol–water partition coefficient (Wildman–Crippen LogP) is 3.21. The summed E-state index contributed by atoms with van der Waals surface area (Å²) in [6, 6.07) is 0.111. The molecule has 1 atom stereocenters. The molecule has 27 heavy (non-hydrogen) atoms. The molecule has 0 bridgehead atoms. The second-order valence-corrected chi connectivity index (χ2v) is 9.16. The Morgan fingerprint density at radius 2 is 2.07 bits per heavy atom. The molecule has 0 aromatic carbocycles. The number of aliphatic imine (C=N–C) groups is 1. The lowest BCUT2D eigenvalue weighted by Crippen LogP contribution is -2.52. The molecule has 1 saturated heterocycles. The van der Waals surface area contributed by atoms with E-state index in [4.69, 9.17) is 4.74 Å². The molecule has 2 rings (SSSR count). The van der Waals surface area contributed by atoms with E-state index in [9.17, 15) is 4.79 Å². The zero-order valence-electron chi connectivity index (χ0n) is 17.4. The van der Waals surface area contributed by atoms with E-state index >= 15 is 0 Å². The van der Waals surface area contributed by atoms with Gasteiger partial charge in [-0.15, -0.1) is 11.3 Å². The number of likely N-dealkylation sites (tertiary alicyclic amines) is 1. The number of aromatic nitrogens is 1. The van der Waals surface area contributed by atoms with Gasteiger partial charge in [-0.25, -0.2) is 9.78 Å². The van der Waals surface area contributed by atoms with Gasteiger partial charge in [0, 0.05) is 25.0 Å². The van der Waals surface area contributed by atoms with Crippen molar-refractivity contribution in [2.45, 2.75) is 72.1 Å². The Morgan fingerprint density at radius 3 is 2.67 bits per heavy atom. The van der Waals surface area contributed by atoms with Crippen LogP contribution in [0.25, 0.3) is 0 Å². The Hall–Kier alpha value is -1.83. The van der Waals surface area contributed by atoms with E-state index in [2.05, 4.69) is 20.6 Å². The van der Waals surface area contributed by atoms with Crippen LogP contribution < -0.4 is 10.6 Å². The Labute approximate surface area is 166 Å². The minimum absolute atomic E-state index is 0.111. The topological polar surface area (TPSA) is 78.9 Å². The number of amides is 1. The molecule has 2 N–H and O–H groups in total. The van der Waals surface area contributed by atoms with Crippen molar-refractivity contribution in [2.24, 2.45) is 4.99 Å². The first kappa shape index (κ1) is 21.5. The number of guanidine groups is 1. The molecule has 2 heterocycles. The van der Waals surface area contributed by atoms with Crippen LogP contribution in [-0.2, 0) is 11.3 Å². The van der Waals surface area contributed by atoms with Crippen LogP contribution in [0, 0.1) is 13.8 Å². The van der Waals surface area contributed by atoms with E-state index < -0.39 is 5.60 Å². The molecule has 8 heteroatoms. The van der Waals surface area contributed by atoms with Crippen molar-refractivity contribution in [1.82, 2.24) is 20.5 Å². The maximum absolute atomic E-state index is 12.5. The number of hydrogen-bond acceptors (Lipinski definition) is 5. The fourth-order valence-electron chi connectivity index (χ4n) is 3.11. The summed E-state index contributed by atoms with van der Waals surface area (Å²) >= 11 is 1.70. The van der Waals surface area contributed by atoms with Crippen molar-refractivity contribution in [3.8, 4) is 0 Å². The van der Waals surface area contributed by atoms with E-state index in [1.807, 2.05) is 39.5 Å². The molecule has 1 amide bonds. The summed E-state index contributed by atoms with van der Waals surface area (Å²) in [6.45, 7) is 11.8. The second-order valence-electron chi connectivity index (χ2n) is 7.87. The van der Waals surface area contributed by atoms with Gasteiger partial charge < -0.3 is 20.3 Å². The number of carbonyl (C=O) groups excluding carboxylic acids is 1. The smallest absolute Gasteiger partial charge is 0.410 e.